The van der Waals surface area contributed by atoms with Crippen LogP contribution in [0.25, 0.3) is 27.8 Å². The third-order valence-electron chi connectivity index (χ3n) is 7.76. The van der Waals surface area contributed by atoms with Crippen molar-refractivity contribution in [1.29, 1.82) is 0 Å². The molecule has 38 heavy (non-hydrogen) atoms. The third kappa shape index (κ3) is 5.59. The number of carboxylic acid groups (broad SMARTS) is 1. The van der Waals surface area contributed by atoms with E-state index in [1.165, 1.54) is 0 Å². The molecule has 1 aromatic heterocycles. The molecule has 200 valence electrons. The largest absolute Gasteiger partial charge is 0.481 e. The number of nitrogens with zero attached hydrogens (tertiary/aromatic N) is 2. The zero-order valence-corrected chi connectivity index (χ0v) is 23.2. The highest BCUT2D eigenvalue weighted by Crippen LogP contribution is 2.34. The summed E-state index contributed by atoms with van der Waals surface area (Å²) in [5.41, 5.74) is 13.9. The summed E-state index contributed by atoms with van der Waals surface area (Å²) in [7, 11) is 0. The number of hydrogen-bond acceptors (Lipinski definition) is 4. The second-order valence-electron chi connectivity index (χ2n) is 10.6. The van der Waals surface area contributed by atoms with E-state index in [4.69, 9.17) is 10.7 Å². The standard InChI is InChI=1S/C32H40N4O2/c1-5-7-12-16-32(31(37)38,15-8-6-2)21-34-26-20-30-28(18-23(26)4)35-27-17-22(3)25(33)19-29(27)36(30)24-13-10-9-11-14-24/h9-11,13-14,17-20H,5-8,12,15-16,21H2,1-4H3,(H3,33,34,37,38)/p+1. The summed E-state index contributed by atoms with van der Waals surface area (Å²) in [6.45, 7) is 8.73. The van der Waals surface area contributed by atoms with E-state index in [9.17, 15) is 9.90 Å². The maximum atomic E-state index is 12.6. The topological polar surface area (TPSA) is 92.1 Å². The Bertz CT molecular complexity index is 1430. The first-order valence-electron chi connectivity index (χ1n) is 13.9. The molecule has 1 heterocycles. The Morgan fingerprint density at radius 2 is 1.55 bits per heavy atom. The van der Waals surface area contributed by atoms with Gasteiger partial charge in [-0.25, -0.2) is 4.98 Å². The molecule has 6 nitrogen and oxygen atoms in total. The number of fused-ring (bicyclic) bond motifs is 2. The molecule has 3 aromatic carbocycles. The van der Waals surface area contributed by atoms with Crippen molar-refractivity contribution in [2.45, 2.75) is 72.6 Å². The Hall–Kier alpha value is -3.67. The zero-order chi connectivity index (χ0) is 27.3. The van der Waals surface area contributed by atoms with Gasteiger partial charge in [0.1, 0.15) is 11.0 Å². The minimum absolute atomic E-state index is 0.400. The Kier molecular flexibility index (Phi) is 8.50. The van der Waals surface area contributed by atoms with Crippen molar-refractivity contribution in [3.05, 3.63) is 65.7 Å². The number of nitrogen functional groups attached to an aromatic ring is 1. The molecule has 0 saturated carbocycles. The summed E-state index contributed by atoms with van der Waals surface area (Å²) in [5.74, 6) is -0.703. The molecular weight excluding hydrogens is 472 g/mol. The number of carboxylic acids is 1. The van der Waals surface area contributed by atoms with Crippen molar-refractivity contribution in [3.8, 4) is 5.69 Å². The predicted octanol–water partition coefficient (Wildman–Crippen LogP) is 7.12. The van der Waals surface area contributed by atoms with E-state index in [0.29, 0.717) is 19.4 Å². The van der Waals surface area contributed by atoms with Gasteiger partial charge in [0.15, 0.2) is 0 Å². The number of hydrogen-bond donors (Lipinski definition) is 3. The first-order chi connectivity index (χ1) is 18.3. The molecule has 0 aliphatic heterocycles. The number of anilines is 2. The molecule has 4 N–H and O–H groups in total. The van der Waals surface area contributed by atoms with Crippen LogP contribution in [0.2, 0.25) is 0 Å². The van der Waals surface area contributed by atoms with Gasteiger partial charge in [0, 0.05) is 42.2 Å². The van der Waals surface area contributed by atoms with Gasteiger partial charge in [-0.05, 0) is 49.9 Å². The highest BCUT2D eigenvalue weighted by atomic mass is 16.4. The van der Waals surface area contributed by atoms with Crippen LogP contribution in [0.15, 0.2) is 54.6 Å². The van der Waals surface area contributed by atoms with Crippen molar-refractivity contribution >= 4 is 39.4 Å². The van der Waals surface area contributed by atoms with Crippen molar-refractivity contribution in [2.75, 3.05) is 17.6 Å². The van der Waals surface area contributed by atoms with Crippen LogP contribution in [0.5, 0.6) is 0 Å². The molecular formula is C32H41N4O2+. The minimum Gasteiger partial charge on any atom is -0.481 e. The molecule has 1 atom stereocenters. The van der Waals surface area contributed by atoms with E-state index in [2.05, 4.69) is 54.9 Å². The predicted molar refractivity (Wildman–Crippen MR) is 157 cm³/mol. The van der Waals surface area contributed by atoms with E-state index in [0.717, 1.165) is 82.4 Å². The number of nitrogens with two attached hydrogens (primary N) is 1. The normalized spacial score (nSPS) is 13.1. The van der Waals surface area contributed by atoms with Crippen LogP contribution in [0, 0.1) is 19.3 Å². The van der Waals surface area contributed by atoms with Gasteiger partial charge in [-0.3, -0.25) is 4.79 Å². The van der Waals surface area contributed by atoms with Crippen molar-refractivity contribution < 1.29 is 14.5 Å². The van der Waals surface area contributed by atoms with Crippen LogP contribution in [0.3, 0.4) is 0 Å². The molecule has 6 heteroatoms. The van der Waals surface area contributed by atoms with Crippen LogP contribution < -0.4 is 15.6 Å². The minimum atomic E-state index is -0.782. The summed E-state index contributed by atoms with van der Waals surface area (Å²) in [4.78, 5) is 17.6. The van der Waals surface area contributed by atoms with Crippen molar-refractivity contribution in [3.63, 3.8) is 0 Å². The SMILES string of the molecule is CCCCCC(CCCC)(CNc1cc2c(cc1C)nc1cc(C)c(N)cc1[n+]2-c1ccccc1)C(=O)O. The van der Waals surface area contributed by atoms with Gasteiger partial charge >= 0.3 is 5.97 Å². The Morgan fingerprint density at radius 3 is 2.21 bits per heavy atom. The molecule has 0 aliphatic carbocycles. The Morgan fingerprint density at radius 1 is 0.921 bits per heavy atom. The van der Waals surface area contributed by atoms with Crippen LogP contribution >= 0.6 is 0 Å². The van der Waals surface area contributed by atoms with Crippen molar-refractivity contribution in [2.24, 2.45) is 5.41 Å². The summed E-state index contributed by atoms with van der Waals surface area (Å²) in [6.07, 6.45) is 6.30. The molecule has 0 fully saturated rings. The van der Waals surface area contributed by atoms with Gasteiger partial charge in [-0.2, -0.15) is 0 Å². The summed E-state index contributed by atoms with van der Waals surface area (Å²) in [5, 5.41) is 13.9. The van der Waals surface area contributed by atoms with E-state index in [1.54, 1.807) is 0 Å². The number of aliphatic carboxylic acids is 1. The van der Waals surface area contributed by atoms with E-state index in [-0.39, 0.29) is 0 Å². The van der Waals surface area contributed by atoms with Gasteiger partial charge in [-0.15, -0.1) is 4.57 Å². The number of unbranched alkanes of at least 4 members (excludes halogenated alkanes) is 3. The number of para-hydroxylation sites is 1. The molecule has 1 unspecified atom stereocenters. The molecule has 0 amide bonds. The Labute approximate surface area is 225 Å². The highest BCUT2D eigenvalue weighted by molar-refractivity contribution is 5.87. The summed E-state index contributed by atoms with van der Waals surface area (Å²) >= 11 is 0. The number of carbonyl (C=O) groups is 1. The van der Waals surface area contributed by atoms with Crippen LogP contribution in [0.4, 0.5) is 11.4 Å². The fourth-order valence-electron chi connectivity index (χ4n) is 5.31. The monoisotopic (exact) mass is 513 g/mol. The number of rotatable bonds is 12. The van der Waals surface area contributed by atoms with E-state index in [1.807, 2.05) is 37.3 Å². The lowest BCUT2D eigenvalue weighted by molar-refractivity contribution is -0.538. The highest BCUT2D eigenvalue weighted by Gasteiger charge is 2.37. The lowest BCUT2D eigenvalue weighted by Gasteiger charge is -2.30. The number of aryl methyl sites for hydroxylation is 2. The number of nitrogens with one attached hydrogen (secondary N) is 1. The summed E-state index contributed by atoms with van der Waals surface area (Å²) < 4.78 is 2.20. The maximum Gasteiger partial charge on any atom is 0.311 e. The third-order valence-corrected chi connectivity index (χ3v) is 7.76. The second-order valence-corrected chi connectivity index (χ2v) is 10.6. The van der Waals surface area contributed by atoms with E-state index < -0.39 is 11.4 Å². The molecule has 0 bridgehead atoms. The number of aromatic nitrogens is 2. The first kappa shape index (κ1) is 27.4. The van der Waals surface area contributed by atoms with Crippen LogP contribution in [-0.2, 0) is 4.79 Å². The molecule has 0 aliphatic rings. The summed E-state index contributed by atoms with van der Waals surface area (Å²) in [6, 6.07) is 18.4. The first-order valence-corrected chi connectivity index (χ1v) is 13.9. The molecule has 4 rings (SSSR count). The molecule has 0 saturated heterocycles. The molecule has 0 radical (unpaired) electrons. The lowest BCUT2D eigenvalue weighted by Crippen LogP contribution is -2.38. The van der Waals surface area contributed by atoms with Gasteiger partial charge in [0.2, 0.25) is 16.7 Å². The van der Waals surface area contributed by atoms with Crippen LogP contribution in [-0.4, -0.2) is 22.6 Å². The zero-order valence-electron chi connectivity index (χ0n) is 23.2. The second kappa shape index (κ2) is 11.8. The fraction of sp³-hybridized carbons (Fsp3) is 0.406. The molecule has 4 aromatic rings. The number of benzene rings is 3. The fourth-order valence-corrected chi connectivity index (χ4v) is 5.31. The van der Waals surface area contributed by atoms with Gasteiger partial charge in [0.25, 0.3) is 0 Å². The van der Waals surface area contributed by atoms with Gasteiger partial charge < -0.3 is 16.2 Å². The average molecular weight is 514 g/mol. The maximum absolute atomic E-state index is 12.6. The smallest absolute Gasteiger partial charge is 0.311 e. The average Bonchev–Trinajstić information content (AvgIpc) is 2.90. The van der Waals surface area contributed by atoms with E-state index >= 15 is 0 Å². The molecule has 0 spiro atoms. The quantitative estimate of drug-likeness (QED) is 0.0812. The van der Waals surface area contributed by atoms with Gasteiger partial charge in [-0.1, -0.05) is 64.2 Å². The van der Waals surface area contributed by atoms with Crippen LogP contribution in [0.1, 0.15) is 69.9 Å². The lowest BCUT2D eigenvalue weighted by atomic mass is 9.78. The Balaban J connectivity index is 1.83. The van der Waals surface area contributed by atoms with Gasteiger partial charge in [0.05, 0.1) is 5.41 Å². The van der Waals surface area contributed by atoms with Crippen molar-refractivity contribution in [1.82, 2.24) is 4.98 Å².